The first kappa shape index (κ1) is 22.2. The molecule has 1 aromatic carbocycles. The van der Waals surface area contributed by atoms with Crippen molar-refractivity contribution >= 4 is 33.9 Å². The minimum absolute atomic E-state index is 0.0251. The zero-order valence-corrected chi connectivity index (χ0v) is 18.1. The summed E-state index contributed by atoms with van der Waals surface area (Å²) in [5, 5.41) is -0.344. The maximum Gasteiger partial charge on any atom is 0.218 e. The van der Waals surface area contributed by atoms with Gasteiger partial charge in [0.1, 0.15) is 17.5 Å². The van der Waals surface area contributed by atoms with E-state index in [-0.39, 0.29) is 40.2 Å². The van der Waals surface area contributed by atoms with Crippen molar-refractivity contribution in [2.24, 2.45) is 5.73 Å². The summed E-state index contributed by atoms with van der Waals surface area (Å²) in [6.07, 6.45) is 0.273. The molecular formula is C19H22ClF2N5O3S. The third-order valence-electron chi connectivity index (χ3n) is 5.41. The van der Waals surface area contributed by atoms with Gasteiger partial charge in [-0.2, -0.15) is 10.6 Å². The zero-order valence-electron chi connectivity index (χ0n) is 16.5. The number of nitrogens with zero attached hydrogens (tertiary/aromatic N) is 4. The number of fused-ring (bicyclic) bond motifs is 1. The van der Waals surface area contributed by atoms with Crippen LogP contribution in [0.15, 0.2) is 12.1 Å². The van der Waals surface area contributed by atoms with E-state index in [0.29, 0.717) is 49.8 Å². The van der Waals surface area contributed by atoms with Crippen LogP contribution in [0.4, 0.5) is 14.6 Å². The molecule has 0 spiro atoms. The van der Waals surface area contributed by atoms with Crippen molar-refractivity contribution < 1.29 is 22.7 Å². The van der Waals surface area contributed by atoms with Gasteiger partial charge in [0.05, 0.1) is 27.8 Å². The summed E-state index contributed by atoms with van der Waals surface area (Å²) < 4.78 is 49.0. The molecule has 12 heteroatoms. The van der Waals surface area contributed by atoms with E-state index in [1.807, 2.05) is 4.90 Å². The molecule has 31 heavy (non-hydrogen) atoms. The van der Waals surface area contributed by atoms with Gasteiger partial charge in [-0.15, -0.1) is 0 Å². The fourth-order valence-electron chi connectivity index (χ4n) is 3.81. The summed E-state index contributed by atoms with van der Waals surface area (Å²) in [7, 11) is -2.90. The Kier molecular flexibility index (Phi) is 6.05. The molecule has 1 aromatic heterocycles. The lowest BCUT2D eigenvalue weighted by atomic mass is 10.1. The van der Waals surface area contributed by atoms with Crippen molar-refractivity contribution in [3.8, 4) is 11.4 Å². The van der Waals surface area contributed by atoms with Crippen LogP contribution in [-0.4, -0.2) is 62.6 Å². The average molecular weight is 474 g/mol. The molecule has 2 aromatic rings. The van der Waals surface area contributed by atoms with Crippen molar-refractivity contribution in [2.75, 3.05) is 37.6 Å². The lowest BCUT2D eigenvalue weighted by molar-refractivity contribution is -0.118. The molecule has 8 nitrogen and oxygen atoms in total. The summed E-state index contributed by atoms with van der Waals surface area (Å²) >= 11 is 5.66. The predicted octanol–water partition coefficient (Wildman–Crippen LogP) is 2.84. The van der Waals surface area contributed by atoms with Crippen molar-refractivity contribution in [3.05, 3.63) is 40.0 Å². The van der Waals surface area contributed by atoms with E-state index in [1.165, 1.54) is 0 Å². The van der Waals surface area contributed by atoms with Gasteiger partial charge < -0.3 is 10.6 Å². The van der Waals surface area contributed by atoms with Crippen LogP contribution >= 0.6 is 22.2 Å². The molecule has 0 unspecified atom stereocenters. The highest BCUT2D eigenvalue weighted by Gasteiger charge is 2.33. The second-order valence-electron chi connectivity index (χ2n) is 7.68. The molecule has 2 aliphatic rings. The first-order valence-corrected chi connectivity index (χ1v) is 11.9. The number of nitrogens with two attached hydrogens (primary N) is 1. The van der Waals surface area contributed by atoms with E-state index in [4.69, 9.17) is 17.3 Å². The van der Waals surface area contributed by atoms with Crippen molar-refractivity contribution in [1.29, 1.82) is 0 Å². The fourth-order valence-corrected chi connectivity index (χ4v) is 5.50. The number of halogens is 3. The molecule has 4 rings (SSSR count). The zero-order chi connectivity index (χ0) is 22.3. The Balaban J connectivity index is 1.67. The highest BCUT2D eigenvalue weighted by atomic mass is 35.5. The summed E-state index contributed by atoms with van der Waals surface area (Å²) in [4.78, 5) is 23.9. The van der Waals surface area contributed by atoms with Gasteiger partial charge >= 0.3 is 0 Å². The summed E-state index contributed by atoms with van der Waals surface area (Å²) in [5.41, 5.74) is 6.11. The Morgan fingerprint density at radius 3 is 2.52 bits per heavy atom. The molecule has 0 atom stereocenters. The Hall–Kier alpha value is -2.05. The number of benzene rings is 1. The standard InChI is InChI=1S/C19H22ClF2N5O3S/c20-13-8-14(21)11(7-15(13)22)18-24-16-10-31(29,30)9-12(16)19(25-18)27-5-3-26(4-6-27)2-1-17(23)28/h7-8,29-30H,1-6,9-10H2,(H2,23,28). The Morgan fingerprint density at radius 2 is 1.84 bits per heavy atom. The monoisotopic (exact) mass is 473 g/mol. The van der Waals surface area contributed by atoms with Crippen molar-refractivity contribution in [3.63, 3.8) is 0 Å². The van der Waals surface area contributed by atoms with Crippen LogP contribution in [0.3, 0.4) is 0 Å². The van der Waals surface area contributed by atoms with Crippen molar-refractivity contribution in [1.82, 2.24) is 14.9 Å². The Bertz CT molecular complexity index is 1030. The summed E-state index contributed by atoms with van der Waals surface area (Å²) in [5.74, 6) is -1.49. The van der Waals surface area contributed by atoms with Gasteiger partial charge in [-0.1, -0.05) is 11.6 Å². The van der Waals surface area contributed by atoms with Gasteiger partial charge in [-0.25, -0.2) is 18.7 Å². The molecule has 1 fully saturated rings. The molecule has 168 valence electrons. The van der Waals surface area contributed by atoms with Gasteiger partial charge in [0.2, 0.25) is 5.91 Å². The summed E-state index contributed by atoms with van der Waals surface area (Å²) in [6.45, 7) is 3.01. The topological polar surface area (TPSA) is 116 Å². The third kappa shape index (κ3) is 4.75. The second-order valence-corrected chi connectivity index (χ2v) is 10.3. The molecule has 0 aliphatic carbocycles. The highest BCUT2D eigenvalue weighted by molar-refractivity contribution is 8.23. The lowest BCUT2D eigenvalue weighted by Gasteiger charge is -2.36. The molecule has 3 heterocycles. The minimum Gasteiger partial charge on any atom is -0.370 e. The lowest BCUT2D eigenvalue weighted by Crippen LogP contribution is -2.47. The highest BCUT2D eigenvalue weighted by Crippen LogP contribution is 2.54. The molecule has 1 saturated heterocycles. The largest absolute Gasteiger partial charge is 0.370 e. The van der Waals surface area contributed by atoms with Crippen molar-refractivity contribution in [2.45, 2.75) is 17.9 Å². The quantitative estimate of drug-likeness (QED) is 0.572. The number of hydrogen-bond donors (Lipinski definition) is 3. The van der Waals surface area contributed by atoms with Crippen LogP contribution in [0, 0.1) is 11.6 Å². The fraction of sp³-hybridized carbons (Fsp3) is 0.421. The van der Waals surface area contributed by atoms with Crippen LogP contribution in [0.1, 0.15) is 17.7 Å². The van der Waals surface area contributed by atoms with Gasteiger partial charge in [0.15, 0.2) is 5.82 Å². The molecule has 1 amide bonds. The number of anilines is 1. The second kappa shape index (κ2) is 8.47. The first-order chi connectivity index (χ1) is 14.6. The summed E-state index contributed by atoms with van der Waals surface area (Å²) in [6, 6.07) is 1.81. The van der Waals surface area contributed by atoms with Gasteiger partial charge in [-0.05, 0) is 12.1 Å². The molecule has 0 saturated carbocycles. The van der Waals surface area contributed by atoms with E-state index in [1.54, 1.807) is 0 Å². The number of primary amides is 1. The van der Waals surface area contributed by atoms with Crippen LogP contribution in [0.2, 0.25) is 5.02 Å². The predicted molar refractivity (Wildman–Crippen MR) is 115 cm³/mol. The van der Waals surface area contributed by atoms with Gasteiger partial charge in [0.25, 0.3) is 0 Å². The van der Waals surface area contributed by atoms with E-state index in [0.717, 1.165) is 12.1 Å². The number of rotatable bonds is 5. The average Bonchev–Trinajstić information content (AvgIpc) is 3.02. The number of carbonyl (C=O) groups excluding carboxylic acids is 1. The number of hydrogen-bond acceptors (Lipinski definition) is 7. The normalized spacial score (nSPS) is 19.3. The smallest absolute Gasteiger partial charge is 0.218 e. The third-order valence-corrected chi connectivity index (χ3v) is 7.19. The number of piperazine rings is 1. The van der Waals surface area contributed by atoms with Crippen LogP contribution in [-0.2, 0) is 16.3 Å². The molecule has 0 radical (unpaired) electrons. The number of amides is 1. The number of aromatic nitrogens is 2. The molecule has 0 bridgehead atoms. The molecular weight excluding hydrogens is 452 g/mol. The van der Waals surface area contributed by atoms with E-state index >= 15 is 0 Å². The first-order valence-electron chi connectivity index (χ1n) is 9.67. The van der Waals surface area contributed by atoms with E-state index in [9.17, 15) is 22.7 Å². The Morgan fingerprint density at radius 1 is 1.13 bits per heavy atom. The Labute approximate surface area is 184 Å². The molecule has 2 aliphatic heterocycles. The number of carbonyl (C=O) groups is 1. The SMILES string of the molecule is NC(=O)CCN1CCN(c2nc(-c3cc(F)c(Cl)cc3F)nc3c2CS(O)(O)C3)CC1. The van der Waals surface area contributed by atoms with Crippen LogP contribution < -0.4 is 10.6 Å². The van der Waals surface area contributed by atoms with Crippen LogP contribution in [0.25, 0.3) is 11.4 Å². The van der Waals surface area contributed by atoms with E-state index in [2.05, 4.69) is 14.9 Å². The van der Waals surface area contributed by atoms with Gasteiger partial charge in [-0.3, -0.25) is 18.8 Å². The maximum atomic E-state index is 14.5. The molecule has 4 N–H and O–H groups in total. The van der Waals surface area contributed by atoms with Gasteiger partial charge in [0, 0.05) is 44.7 Å². The van der Waals surface area contributed by atoms with E-state index < -0.39 is 22.2 Å². The minimum atomic E-state index is -2.90. The van der Waals surface area contributed by atoms with Crippen LogP contribution in [0.5, 0.6) is 0 Å². The maximum absolute atomic E-state index is 14.5.